The molecule has 0 bridgehead atoms. The second kappa shape index (κ2) is 11.4. The third-order valence-electron chi connectivity index (χ3n) is 5.09. The first kappa shape index (κ1) is 24.2. The Morgan fingerprint density at radius 3 is 2.34 bits per heavy atom. The number of rotatable bonds is 10. The largest absolute Gasteiger partial charge is 0.497 e. The molecule has 3 aromatic carbocycles. The molecule has 0 aliphatic carbocycles. The van der Waals surface area contributed by atoms with Gasteiger partial charge in [0.15, 0.2) is 17.1 Å². The van der Waals surface area contributed by atoms with E-state index in [4.69, 9.17) is 14.2 Å². The first-order chi connectivity index (χ1) is 17.1. The van der Waals surface area contributed by atoms with Crippen molar-refractivity contribution in [1.82, 2.24) is 14.8 Å². The number of hydrogen-bond acceptors (Lipinski definition) is 7. The molecule has 0 aliphatic heterocycles. The lowest BCUT2D eigenvalue weighted by atomic mass is 10.3. The minimum absolute atomic E-state index is 0.157. The van der Waals surface area contributed by atoms with Crippen LogP contribution in [0.2, 0.25) is 0 Å². The molecule has 9 heteroatoms. The van der Waals surface area contributed by atoms with E-state index in [9.17, 15) is 4.79 Å². The summed E-state index contributed by atoms with van der Waals surface area (Å²) in [5.41, 5.74) is 1.55. The predicted octanol–water partition coefficient (Wildman–Crippen LogP) is 5.16. The van der Waals surface area contributed by atoms with Gasteiger partial charge in [-0.3, -0.25) is 9.36 Å². The van der Waals surface area contributed by atoms with Crippen molar-refractivity contribution in [2.24, 2.45) is 0 Å². The molecule has 1 heterocycles. The summed E-state index contributed by atoms with van der Waals surface area (Å²) in [4.78, 5) is 12.6. The molecule has 1 atom stereocenters. The number of hydrogen-bond donors (Lipinski definition) is 1. The monoisotopic (exact) mass is 490 g/mol. The van der Waals surface area contributed by atoms with E-state index in [1.54, 1.807) is 20.3 Å². The highest BCUT2D eigenvalue weighted by Crippen LogP contribution is 2.29. The highest BCUT2D eigenvalue weighted by atomic mass is 32.2. The van der Waals surface area contributed by atoms with Gasteiger partial charge >= 0.3 is 0 Å². The SMILES string of the molecule is COc1ccc(OC(C)c2nnc(SCC(=O)Nc3cccc(OC)c3)n2-c2ccccc2)cc1. The molecule has 0 saturated carbocycles. The number of amides is 1. The second-order valence-electron chi connectivity index (χ2n) is 7.52. The van der Waals surface area contributed by atoms with Gasteiger partial charge in [0, 0.05) is 17.4 Å². The summed E-state index contributed by atoms with van der Waals surface area (Å²) in [6.45, 7) is 1.91. The molecule has 1 aromatic heterocycles. The van der Waals surface area contributed by atoms with E-state index < -0.39 is 6.10 Å². The summed E-state index contributed by atoms with van der Waals surface area (Å²) < 4.78 is 18.5. The molecule has 0 saturated heterocycles. The maximum Gasteiger partial charge on any atom is 0.234 e. The van der Waals surface area contributed by atoms with Crippen LogP contribution in [0.25, 0.3) is 5.69 Å². The number of methoxy groups -OCH3 is 2. The molecule has 180 valence electrons. The lowest BCUT2D eigenvalue weighted by molar-refractivity contribution is -0.113. The fourth-order valence-corrected chi connectivity index (χ4v) is 4.16. The molecule has 0 aliphatic rings. The van der Waals surface area contributed by atoms with E-state index in [1.807, 2.05) is 84.3 Å². The fraction of sp³-hybridized carbons (Fsp3) is 0.192. The van der Waals surface area contributed by atoms with Crippen molar-refractivity contribution in [1.29, 1.82) is 0 Å². The summed E-state index contributed by atoms with van der Waals surface area (Å²) in [5.74, 6) is 2.75. The zero-order valence-corrected chi connectivity index (χ0v) is 20.5. The Morgan fingerprint density at radius 1 is 0.914 bits per heavy atom. The number of nitrogens with zero attached hydrogens (tertiary/aromatic N) is 3. The minimum Gasteiger partial charge on any atom is -0.497 e. The minimum atomic E-state index is -0.393. The van der Waals surface area contributed by atoms with Crippen LogP contribution < -0.4 is 19.5 Å². The quantitative estimate of drug-likeness (QED) is 0.307. The Labute approximate surface area is 208 Å². The molecule has 1 N–H and O–H groups in total. The van der Waals surface area contributed by atoms with E-state index in [1.165, 1.54) is 11.8 Å². The van der Waals surface area contributed by atoms with Crippen LogP contribution in [0.3, 0.4) is 0 Å². The van der Waals surface area contributed by atoms with Crippen LogP contribution in [0.5, 0.6) is 17.2 Å². The van der Waals surface area contributed by atoms with Gasteiger partial charge in [-0.1, -0.05) is 36.0 Å². The van der Waals surface area contributed by atoms with E-state index >= 15 is 0 Å². The molecule has 35 heavy (non-hydrogen) atoms. The Kier molecular flexibility index (Phi) is 7.89. The second-order valence-corrected chi connectivity index (χ2v) is 8.46. The Balaban J connectivity index is 1.51. The number of carbonyl (C=O) groups excluding carboxylic acids is 1. The van der Waals surface area contributed by atoms with Gasteiger partial charge in [-0.2, -0.15) is 0 Å². The molecule has 0 fully saturated rings. The average Bonchev–Trinajstić information content (AvgIpc) is 3.33. The topological polar surface area (TPSA) is 87.5 Å². The molecule has 4 aromatic rings. The highest BCUT2D eigenvalue weighted by molar-refractivity contribution is 7.99. The van der Waals surface area contributed by atoms with Crippen LogP contribution in [-0.4, -0.2) is 40.6 Å². The van der Waals surface area contributed by atoms with Gasteiger partial charge in [0.1, 0.15) is 17.2 Å². The molecule has 0 radical (unpaired) electrons. The normalized spacial score (nSPS) is 11.5. The highest BCUT2D eigenvalue weighted by Gasteiger charge is 2.21. The van der Waals surface area contributed by atoms with Crippen LogP contribution >= 0.6 is 11.8 Å². The maximum absolute atomic E-state index is 12.6. The van der Waals surface area contributed by atoms with E-state index in [0.29, 0.717) is 28.2 Å². The van der Waals surface area contributed by atoms with Crippen molar-refractivity contribution in [3.8, 4) is 22.9 Å². The summed E-state index contributed by atoms with van der Waals surface area (Å²) in [6.07, 6.45) is -0.393. The number of benzene rings is 3. The number of para-hydroxylation sites is 1. The van der Waals surface area contributed by atoms with Crippen molar-refractivity contribution in [3.63, 3.8) is 0 Å². The molecule has 1 amide bonds. The van der Waals surface area contributed by atoms with Crippen molar-refractivity contribution in [2.45, 2.75) is 18.2 Å². The van der Waals surface area contributed by atoms with Crippen molar-refractivity contribution < 1.29 is 19.0 Å². The van der Waals surface area contributed by atoms with Gasteiger partial charge in [-0.05, 0) is 55.5 Å². The number of anilines is 1. The van der Waals surface area contributed by atoms with Crippen molar-refractivity contribution >= 4 is 23.4 Å². The van der Waals surface area contributed by atoms with Gasteiger partial charge < -0.3 is 19.5 Å². The molecule has 0 spiro atoms. The van der Waals surface area contributed by atoms with Crippen LogP contribution in [0.1, 0.15) is 18.9 Å². The third kappa shape index (κ3) is 6.13. The summed E-state index contributed by atoms with van der Waals surface area (Å²) in [5, 5.41) is 12.2. The van der Waals surface area contributed by atoms with Crippen molar-refractivity contribution in [3.05, 3.63) is 84.7 Å². The van der Waals surface area contributed by atoms with Crippen LogP contribution in [0.4, 0.5) is 5.69 Å². The first-order valence-corrected chi connectivity index (χ1v) is 11.9. The number of aromatic nitrogens is 3. The third-order valence-corrected chi connectivity index (χ3v) is 6.02. The average molecular weight is 491 g/mol. The van der Waals surface area contributed by atoms with E-state index in [2.05, 4.69) is 15.5 Å². The predicted molar refractivity (Wildman–Crippen MR) is 136 cm³/mol. The van der Waals surface area contributed by atoms with Gasteiger partial charge in [-0.25, -0.2) is 0 Å². The standard InChI is InChI=1S/C26H26N4O4S/c1-18(34-22-14-12-21(32-2)13-15-22)25-28-29-26(30(25)20-9-5-4-6-10-20)35-17-24(31)27-19-8-7-11-23(16-19)33-3/h4-16,18H,17H2,1-3H3,(H,27,31). The van der Waals surface area contributed by atoms with Gasteiger partial charge in [0.2, 0.25) is 5.91 Å². The molecular formula is C26H26N4O4S. The Morgan fingerprint density at radius 2 is 1.63 bits per heavy atom. The summed E-state index contributed by atoms with van der Waals surface area (Å²) in [7, 11) is 3.21. The molecule has 1 unspecified atom stereocenters. The summed E-state index contributed by atoms with van der Waals surface area (Å²) >= 11 is 1.30. The lowest BCUT2D eigenvalue weighted by Gasteiger charge is -2.17. The number of ether oxygens (including phenoxy) is 3. The number of carbonyl (C=O) groups is 1. The Bertz CT molecular complexity index is 1260. The smallest absolute Gasteiger partial charge is 0.234 e. The first-order valence-electron chi connectivity index (χ1n) is 11.0. The number of nitrogens with one attached hydrogen (secondary N) is 1. The van der Waals surface area contributed by atoms with Gasteiger partial charge in [-0.15, -0.1) is 10.2 Å². The van der Waals surface area contributed by atoms with E-state index in [-0.39, 0.29) is 11.7 Å². The zero-order valence-electron chi connectivity index (χ0n) is 19.7. The van der Waals surface area contributed by atoms with Gasteiger partial charge in [0.05, 0.1) is 20.0 Å². The van der Waals surface area contributed by atoms with Crippen molar-refractivity contribution in [2.75, 3.05) is 25.3 Å². The lowest BCUT2D eigenvalue weighted by Crippen LogP contribution is -2.15. The molecule has 4 rings (SSSR count). The maximum atomic E-state index is 12.6. The van der Waals surface area contributed by atoms with Crippen LogP contribution in [0.15, 0.2) is 84.0 Å². The van der Waals surface area contributed by atoms with Crippen LogP contribution in [0, 0.1) is 0 Å². The number of thioether (sulfide) groups is 1. The summed E-state index contributed by atoms with van der Waals surface area (Å²) in [6, 6.07) is 24.4. The zero-order chi connectivity index (χ0) is 24.6. The Hall–Kier alpha value is -3.98. The van der Waals surface area contributed by atoms with Gasteiger partial charge in [0.25, 0.3) is 0 Å². The van der Waals surface area contributed by atoms with E-state index in [0.717, 1.165) is 11.4 Å². The fourth-order valence-electron chi connectivity index (χ4n) is 3.40. The van der Waals surface area contributed by atoms with Crippen LogP contribution in [-0.2, 0) is 4.79 Å². The molecular weight excluding hydrogens is 464 g/mol. The molecule has 8 nitrogen and oxygen atoms in total.